The second kappa shape index (κ2) is 3.30. The molecule has 0 bridgehead atoms. The van der Waals surface area contributed by atoms with E-state index in [2.05, 4.69) is 9.97 Å². The summed E-state index contributed by atoms with van der Waals surface area (Å²) in [5, 5.41) is 0. The number of nitrogens with zero attached hydrogens (tertiary/aromatic N) is 2. The summed E-state index contributed by atoms with van der Waals surface area (Å²) in [6, 6.07) is 0. The molecule has 0 saturated carbocycles. The standard InChI is InChI=1S/C7H11N3O/c1-5-7(11-2)9-4-6(3-8)10-5/h4H,3,8H2,1-2H3. The summed E-state index contributed by atoms with van der Waals surface area (Å²) in [6.45, 7) is 2.25. The number of rotatable bonds is 2. The summed E-state index contributed by atoms with van der Waals surface area (Å²) in [7, 11) is 1.57. The van der Waals surface area contributed by atoms with E-state index in [1.807, 2.05) is 6.92 Å². The fourth-order valence-corrected chi connectivity index (χ4v) is 0.817. The number of nitrogens with two attached hydrogens (primary N) is 1. The molecule has 0 fully saturated rings. The summed E-state index contributed by atoms with van der Waals surface area (Å²) in [5.41, 5.74) is 6.92. The lowest BCUT2D eigenvalue weighted by Gasteiger charge is -2.02. The molecule has 0 aliphatic carbocycles. The zero-order chi connectivity index (χ0) is 8.27. The molecule has 1 heterocycles. The Morgan fingerprint density at radius 2 is 2.36 bits per heavy atom. The summed E-state index contributed by atoms with van der Waals surface area (Å²) >= 11 is 0. The van der Waals surface area contributed by atoms with E-state index in [1.54, 1.807) is 13.3 Å². The first-order chi connectivity index (χ1) is 5.27. The average Bonchev–Trinajstić information content (AvgIpc) is 2.04. The highest BCUT2D eigenvalue weighted by molar-refractivity contribution is 5.17. The Hall–Kier alpha value is -1.16. The zero-order valence-corrected chi connectivity index (χ0v) is 6.66. The first kappa shape index (κ1) is 7.94. The van der Waals surface area contributed by atoms with Crippen molar-refractivity contribution in [3.8, 4) is 5.88 Å². The van der Waals surface area contributed by atoms with E-state index in [0.717, 1.165) is 11.4 Å². The van der Waals surface area contributed by atoms with Crippen LogP contribution in [0.5, 0.6) is 5.88 Å². The minimum absolute atomic E-state index is 0.415. The van der Waals surface area contributed by atoms with Crippen molar-refractivity contribution in [1.29, 1.82) is 0 Å². The first-order valence-electron chi connectivity index (χ1n) is 3.34. The number of methoxy groups -OCH3 is 1. The molecule has 60 valence electrons. The van der Waals surface area contributed by atoms with Gasteiger partial charge < -0.3 is 10.5 Å². The van der Waals surface area contributed by atoms with Gasteiger partial charge in [0, 0.05) is 6.54 Å². The van der Waals surface area contributed by atoms with Crippen LogP contribution < -0.4 is 10.5 Å². The van der Waals surface area contributed by atoms with Gasteiger partial charge in [0.1, 0.15) is 0 Å². The molecular weight excluding hydrogens is 142 g/mol. The molecule has 0 saturated heterocycles. The van der Waals surface area contributed by atoms with Crippen LogP contribution in [0.4, 0.5) is 0 Å². The van der Waals surface area contributed by atoms with Crippen molar-refractivity contribution in [2.75, 3.05) is 7.11 Å². The highest BCUT2D eigenvalue weighted by Crippen LogP contribution is 2.09. The van der Waals surface area contributed by atoms with Gasteiger partial charge in [0.25, 0.3) is 0 Å². The van der Waals surface area contributed by atoms with Gasteiger partial charge in [0.15, 0.2) is 0 Å². The minimum atomic E-state index is 0.415. The smallest absolute Gasteiger partial charge is 0.235 e. The van der Waals surface area contributed by atoms with Gasteiger partial charge >= 0.3 is 0 Å². The molecule has 1 aromatic heterocycles. The molecule has 4 heteroatoms. The molecule has 0 atom stereocenters. The van der Waals surface area contributed by atoms with Crippen molar-refractivity contribution in [2.45, 2.75) is 13.5 Å². The van der Waals surface area contributed by atoms with Crippen LogP contribution in [0.2, 0.25) is 0 Å². The van der Waals surface area contributed by atoms with E-state index >= 15 is 0 Å². The Labute approximate surface area is 65.4 Å². The van der Waals surface area contributed by atoms with Gasteiger partial charge in [-0.25, -0.2) is 9.97 Å². The monoisotopic (exact) mass is 153 g/mol. The van der Waals surface area contributed by atoms with E-state index in [9.17, 15) is 0 Å². The Bertz CT molecular complexity index is 249. The molecule has 0 aromatic carbocycles. The maximum absolute atomic E-state index is 5.37. The maximum atomic E-state index is 5.37. The molecule has 0 unspecified atom stereocenters. The normalized spacial score (nSPS) is 9.73. The fourth-order valence-electron chi connectivity index (χ4n) is 0.817. The van der Waals surface area contributed by atoms with Crippen LogP contribution in [-0.2, 0) is 6.54 Å². The average molecular weight is 153 g/mol. The molecule has 11 heavy (non-hydrogen) atoms. The van der Waals surface area contributed by atoms with Gasteiger partial charge in [-0.2, -0.15) is 0 Å². The van der Waals surface area contributed by atoms with Crippen LogP contribution in [0.3, 0.4) is 0 Å². The van der Waals surface area contributed by atoms with Crippen LogP contribution in [0.15, 0.2) is 6.20 Å². The first-order valence-corrected chi connectivity index (χ1v) is 3.34. The Morgan fingerprint density at radius 1 is 1.64 bits per heavy atom. The number of ether oxygens (including phenoxy) is 1. The maximum Gasteiger partial charge on any atom is 0.235 e. The third kappa shape index (κ3) is 1.65. The number of hydrogen-bond donors (Lipinski definition) is 1. The molecule has 0 spiro atoms. The molecule has 0 aliphatic rings. The van der Waals surface area contributed by atoms with E-state index < -0.39 is 0 Å². The quantitative estimate of drug-likeness (QED) is 0.661. The van der Waals surface area contributed by atoms with Crippen LogP contribution in [0.25, 0.3) is 0 Å². The molecule has 1 aromatic rings. The second-order valence-electron chi connectivity index (χ2n) is 2.16. The SMILES string of the molecule is COc1ncc(CN)nc1C. The van der Waals surface area contributed by atoms with E-state index in [4.69, 9.17) is 10.5 Å². The van der Waals surface area contributed by atoms with Crippen LogP contribution in [-0.4, -0.2) is 17.1 Å². The number of hydrogen-bond acceptors (Lipinski definition) is 4. The number of aromatic nitrogens is 2. The van der Waals surface area contributed by atoms with Gasteiger partial charge in [0.2, 0.25) is 5.88 Å². The van der Waals surface area contributed by atoms with Crippen LogP contribution in [0.1, 0.15) is 11.4 Å². The second-order valence-corrected chi connectivity index (χ2v) is 2.16. The van der Waals surface area contributed by atoms with E-state index in [-0.39, 0.29) is 0 Å². The van der Waals surface area contributed by atoms with Crippen molar-refractivity contribution in [3.05, 3.63) is 17.6 Å². The molecular formula is C7H11N3O. The van der Waals surface area contributed by atoms with Gasteiger partial charge in [-0.1, -0.05) is 0 Å². The Kier molecular flexibility index (Phi) is 2.38. The largest absolute Gasteiger partial charge is 0.480 e. The van der Waals surface area contributed by atoms with E-state index in [1.165, 1.54) is 0 Å². The van der Waals surface area contributed by atoms with Crippen molar-refractivity contribution >= 4 is 0 Å². The molecule has 2 N–H and O–H groups in total. The third-order valence-electron chi connectivity index (χ3n) is 1.35. The van der Waals surface area contributed by atoms with Crippen LogP contribution in [0, 0.1) is 6.92 Å². The Morgan fingerprint density at radius 3 is 2.82 bits per heavy atom. The minimum Gasteiger partial charge on any atom is -0.480 e. The third-order valence-corrected chi connectivity index (χ3v) is 1.35. The van der Waals surface area contributed by atoms with Gasteiger partial charge in [0.05, 0.1) is 24.7 Å². The molecule has 0 radical (unpaired) electrons. The summed E-state index contributed by atoms with van der Waals surface area (Å²) in [4.78, 5) is 8.15. The summed E-state index contributed by atoms with van der Waals surface area (Å²) in [5.74, 6) is 0.558. The van der Waals surface area contributed by atoms with Gasteiger partial charge in [-0.15, -0.1) is 0 Å². The Balaban J connectivity index is 2.99. The van der Waals surface area contributed by atoms with Crippen molar-refractivity contribution in [2.24, 2.45) is 5.73 Å². The van der Waals surface area contributed by atoms with Crippen molar-refractivity contribution in [1.82, 2.24) is 9.97 Å². The van der Waals surface area contributed by atoms with Crippen LogP contribution >= 0.6 is 0 Å². The van der Waals surface area contributed by atoms with Gasteiger partial charge in [-0.3, -0.25) is 0 Å². The highest BCUT2D eigenvalue weighted by Gasteiger charge is 2.00. The lowest BCUT2D eigenvalue weighted by atomic mass is 10.4. The molecule has 1 rings (SSSR count). The van der Waals surface area contributed by atoms with E-state index in [0.29, 0.717) is 12.4 Å². The molecule has 4 nitrogen and oxygen atoms in total. The lowest BCUT2D eigenvalue weighted by molar-refractivity contribution is 0.391. The molecule has 0 amide bonds. The zero-order valence-electron chi connectivity index (χ0n) is 6.66. The van der Waals surface area contributed by atoms with Gasteiger partial charge in [-0.05, 0) is 6.92 Å². The molecule has 0 aliphatic heterocycles. The fraction of sp³-hybridized carbons (Fsp3) is 0.429. The van der Waals surface area contributed by atoms with Crippen molar-refractivity contribution < 1.29 is 4.74 Å². The predicted molar refractivity (Wildman–Crippen MR) is 41.2 cm³/mol. The number of aryl methyl sites for hydroxylation is 1. The summed E-state index contributed by atoms with van der Waals surface area (Å²) in [6.07, 6.45) is 1.62. The summed E-state index contributed by atoms with van der Waals surface area (Å²) < 4.78 is 4.93. The predicted octanol–water partition coefficient (Wildman–Crippen LogP) is 0.252. The highest BCUT2D eigenvalue weighted by atomic mass is 16.5. The van der Waals surface area contributed by atoms with Crippen molar-refractivity contribution in [3.63, 3.8) is 0 Å². The lowest BCUT2D eigenvalue weighted by Crippen LogP contribution is -2.03. The topological polar surface area (TPSA) is 61.0 Å².